The average Bonchev–Trinajstić information content (AvgIpc) is 3.25. The Hall–Kier alpha value is -2.70. The average molecular weight is 340 g/mol. The quantitative estimate of drug-likeness (QED) is 0.850. The van der Waals surface area contributed by atoms with Gasteiger partial charge in [0.2, 0.25) is 5.91 Å². The Morgan fingerprint density at radius 2 is 2.16 bits per heavy atom. The zero-order valence-corrected chi connectivity index (χ0v) is 14.3. The van der Waals surface area contributed by atoms with Crippen molar-refractivity contribution in [2.45, 2.75) is 45.3 Å². The molecule has 4 rings (SSSR count). The van der Waals surface area contributed by atoms with E-state index in [2.05, 4.69) is 10.1 Å². The van der Waals surface area contributed by atoms with Crippen LogP contribution < -0.4 is 0 Å². The lowest BCUT2D eigenvalue weighted by molar-refractivity contribution is -0.129. The van der Waals surface area contributed by atoms with Gasteiger partial charge >= 0.3 is 0 Å². The molecule has 0 N–H and O–H groups in total. The molecule has 2 atom stereocenters. The lowest BCUT2D eigenvalue weighted by atomic mass is 10.1. The van der Waals surface area contributed by atoms with E-state index >= 15 is 0 Å². The van der Waals surface area contributed by atoms with Crippen LogP contribution in [0, 0.1) is 13.8 Å². The molecule has 4 heterocycles. The number of carbonyl (C=O) groups is 2. The third-order valence-corrected chi connectivity index (χ3v) is 5.14. The van der Waals surface area contributed by atoms with Gasteiger partial charge in [0.15, 0.2) is 0 Å². The summed E-state index contributed by atoms with van der Waals surface area (Å²) in [5.74, 6) is 0.492. The summed E-state index contributed by atoms with van der Waals surface area (Å²) in [5.41, 5.74) is 2.30. The second-order valence-corrected chi connectivity index (χ2v) is 6.71. The summed E-state index contributed by atoms with van der Waals surface area (Å²) in [4.78, 5) is 33.5. The number of carbonyl (C=O) groups excluding carboxylic acids is 2. The molecule has 7 heteroatoms. The number of nitrogens with zero attached hydrogens (tertiary/aromatic N) is 4. The van der Waals surface area contributed by atoms with Crippen LogP contribution in [0.25, 0.3) is 0 Å². The van der Waals surface area contributed by atoms with E-state index in [1.165, 1.54) is 6.20 Å². The molecule has 2 aliphatic rings. The molecule has 2 aromatic rings. The number of rotatable bonds is 3. The van der Waals surface area contributed by atoms with Crippen molar-refractivity contribution in [2.24, 2.45) is 0 Å². The van der Waals surface area contributed by atoms with Crippen LogP contribution in [0.4, 0.5) is 0 Å². The fraction of sp³-hybridized carbons (Fsp3) is 0.444. The monoisotopic (exact) mass is 340 g/mol. The number of pyridine rings is 1. The van der Waals surface area contributed by atoms with Crippen LogP contribution in [-0.4, -0.2) is 50.4 Å². The summed E-state index contributed by atoms with van der Waals surface area (Å²) in [7, 11) is 0. The van der Waals surface area contributed by atoms with Crippen molar-refractivity contribution in [1.82, 2.24) is 19.9 Å². The zero-order chi connectivity index (χ0) is 17.6. The lowest BCUT2D eigenvalue weighted by Gasteiger charge is -2.25. The molecule has 0 aliphatic carbocycles. The third kappa shape index (κ3) is 2.69. The molecule has 0 radical (unpaired) electrons. The number of hydrogen-bond donors (Lipinski definition) is 0. The third-order valence-electron chi connectivity index (χ3n) is 5.14. The molecule has 2 saturated heterocycles. The first-order chi connectivity index (χ1) is 12.0. The number of fused-ring (bicyclic) bond motifs is 1. The summed E-state index contributed by atoms with van der Waals surface area (Å²) >= 11 is 0. The largest absolute Gasteiger partial charge is 0.361 e. The highest BCUT2D eigenvalue weighted by atomic mass is 16.5. The van der Waals surface area contributed by atoms with Crippen molar-refractivity contribution in [3.05, 3.63) is 47.1 Å². The Morgan fingerprint density at radius 3 is 2.88 bits per heavy atom. The van der Waals surface area contributed by atoms with Gasteiger partial charge < -0.3 is 14.3 Å². The van der Waals surface area contributed by atoms with Crippen LogP contribution in [0.15, 0.2) is 28.9 Å². The first kappa shape index (κ1) is 15.8. The van der Waals surface area contributed by atoms with Gasteiger partial charge in [-0.25, -0.2) is 0 Å². The molecule has 25 heavy (non-hydrogen) atoms. The molecule has 2 fully saturated rings. The number of hydrogen-bond acceptors (Lipinski definition) is 5. The molecule has 2 aromatic heterocycles. The molecule has 7 nitrogen and oxygen atoms in total. The van der Waals surface area contributed by atoms with E-state index in [1.54, 1.807) is 11.8 Å². The second-order valence-electron chi connectivity index (χ2n) is 6.71. The van der Waals surface area contributed by atoms with Gasteiger partial charge in [0, 0.05) is 18.7 Å². The smallest absolute Gasteiger partial charge is 0.259 e. The van der Waals surface area contributed by atoms with Gasteiger partial charge in [-0.05, 0) is 32.4 Å². The van der Waals surface area contributed by atoms with E-state index in [-0.39, 0.29) is 23.9 Å². The Bertz CT molecular complexity index is 831. The lowest BCUT2D eigenvalue weighted by Crippen LogP contribution is -2.39. The van der Waals surface area contributed by atoms with Gasteiger partial charge in [-0.15, -0.1) is 0 Å². The Balaban J connectivity index is 1.53. The second kappa shape index (κ2) is 5.98. The predicted octanol–water partition coefficient (Wildman–Crippen LogP) is 1.70. The van der Waals surface area contributed by atoms with E-state index in [4.69, 9.17) is 4.52 Å². The van der Waals surface area contributed by atoms with Gasteiger partial charge in [-0.3, -0.25) is 14.6 Å². The normalized spacial score (nSPS) is 22.6. The van der Waals surface area contributed by atoms with Crippen LogP contribution in [-0.2, 0) is 11.3 Å². The van der Waals surface area contributed by atoms with Crippen molar-refractivity contribution >= 4 is 11.8 Å². The minimum atomic E-state index is -0.102. The summed E-state index contributed by atoms with van der Waals surface area (Å²) in [6, 6.07) is 5.80. The fourth-order valence-corrected chi connectivity index (χ4v) is 3.91. The molecule has 0 unspecified atom stereocenters. The minimum absolute atomic E-state index is 0.0546. The van der Waals surface area contributed by atoms with Crippen LogP contribution >= 0.6 is 0 Å². The molecule has 2 aliphatic heterocycles. The predicted molar refractivity (Wildman–Crippen MR) is 88.6 cm³/mol. The van der Waals surface area contributed by atoms with Gasteiger partial charge in [0.25, 0.3) is 5.91 Å². The first-order valence-corrected chi connectivity index (χ1v) is 8.49. The summed E-state index contributed by atoms with van der Waals surface area (Å²) in [5, 5.41) is 3.69. The molecule has 0 saturated carbocycles. The van der Waals surface area contributed by atoms with E-state index in [0.717, 1.165) is 17.8 Å². The van der Waals surface area contributed by atoms with E-state index in [0.29, 0.717) is 30.8 Å². The van der Waals surface area contributed by atoms with Gasteiger partial charge in [0.1, 0.15) is 11.3 Å². The maximum Gasteiger partial charge on any atom is 0.259 e. The number of aryl methyl sites for hydroxylation is 2. The van der Waals surface area contributed by atoms with Crippen molar-refractivity contribution in [3.63, 3.8) is 0 Å². The van der Waals surface area contributed by atoms with Crippen LogP contribution in [0.1, 0.15) is 40.3 Å². The zero-order valence-electron chi connectivity index (χ0n) is 14.3. The molecule has 130 valence electrons. The Kier molecular flexibility index (Phi) is 3.78. The van der Waals surface area contributed by atoms with Gasteiger partial charge in [0.05, 0.1) is 30.5 Å². The molecule has 0 spiro atoms. The van der Waals surface area contributed by atoms with Crippen molar-refractivity contribution in [1.29, 1.82) is 0 Å². The summed E-state index contributed by atoms with van der Waals surface area (Å²) in [6.07, 6.45) is 2.61. The summed E-state index contributed by atoms with van der Waals surface area (Å²) in [6.45, 7) is 4.80. The van der Waals surface area contributed by atoms with E-state index in [9.17, 15) is 9.59 Å². The number of likely N-dealkylation sites (tertiary alicyclic amines) is 2. The molecule has 0 aromatic carbocycles. The van der Waals surface area contributed by atoms with E-state index in [1.807, 2.05) is 30.0 Å². The highest BCUT2D eigenvalue weighted by molar-refractivity contribution is 5.96. The van der Waals surface area contributed by atoms with Crippen molar-refractivity contribution in [2.75, 3.05) is 6.54 Å². The van der Waals surface area contributed by atoms with Gasteiger partial charge in [-0.1, -0.05) is 11.2 Å². The van der Waals surface area contributed by atoms with Crippen molar-refractivity contribution in [3.8, 4) is 0 Å². The summed E-state index contributed by atoms with van der Waals surface area (Å²) < 4.78 is 5.01. The SMILES string of the molecule is Cc1cccc(CN2C(=O)C[C@H]3[C@H]2CCN3C(=O)c2cnoc2C)n1. The van der Waals surface area contributed by atoms with E-state index < -0.39 is 0 Å². The standard InChI is InChI=1S/C18H20N4O3/c1-11-4-3-5-13(20-11)10-22-15-6-7-21(16(15)8-17(22)23)18(24)14-9-19-25-12(14)2/h3-5,9,15-16H,6-8,10H2,1-2H3/t15-,16+/m1/s1. The highest BCUT2D eigenvalue weighted by Gasteiger charge is 2.48. The Labute approximate surface area is 145 Å². The van der Waals surface area contributed by atoms with Crippen LogP contribution in [0.3, 0.4) is 0 Å². The molecule has 2 amide bonds. The topological polar surface area (TPSA) is 79.5 Å². The fourth-order valence-electron chi connectivity index (χ4n) is 3.91. The molecular formula is C18H20N4O3. The molecular weight excluding hydrogens is 320 g/mol. The number of amides is 2. The highest BCUT2D eigenvalue weighted by Crippen LogP contribution is 2.34. The minimum Gasteiger partial charge on any atom is -0.361 e. The first-order valence-electron chi connectivity index (χ1n) is 8.49. The van der Waals surface area contributed by atoms with Crippen molar-refractivity contribution < 1.29 is 14.1 Å². The molecule has 0 bridgehead atoms. The Morgan fingerprint density at radius 1 is 1.32 bits per heavy atom. The maximum atomic E-state index is 12.8. The number of aromatic nitrogens is 2. The van der Waals surface area contributed by atoms with Crippen LogP contribution in [0.2, 0.25) is 0 Å². The van der Waals surface area contributed by atoms with Crippen LogP contribution in [0.5, 0.6) is 0 Å². The van der Waals surface area contributed by atoms with Gasteiger partial charge in [-0.2, -0.15) is 0 Å². The maximum absolute atomic E-state index is 12.8.